The Morgan fingerprint density at radius 2 is 2.47 bits per heavy atom. The van der Waals surface area contributed by atoms with E-state index in [1.807, 2.05) is 4.90 Å². The molecule has 1 unspecified atom stereocenters. The van der Waals surface area contributed by atoms with Gasteiger partial charge in [-0.2, -0.15) is 0 Å². The van der Waals surface area contributed by atoms with Gasteiger partial charge in [0, 0.05) is 18.7 Å². The molecule has 0 saturated carbocycles. The number of nitrogens with zero attached hydrogens (tertiary/aromatic N) is 3. The van der Waals surface area contributed by atoms with Gasteiger partial charge in [0.25, 0.3) is 5.69 Å². The number of rotatable bonds is 3. The van der Waals surface area contributed by atoms with Crippen molar-refractivity contribution in [3.63, 3.8) is 0 Å². The van der Waals surface area contributed by atoms with Crippen LogP contribution in [0.15, 0.2) is 10.7 Å². The minimum atomic E-state index is -0.452. The van der Waals surface area contributed by atoms with Crippen LogP contribution in [0.5, 0.6) is 0 Å². The van der Waals surface area contributed by atoms with E-state index in [1.165, 1.54) is 6.20 Å². The van der Waals surface area contributed by atoms with Crippen molar-refractivity contribution < 1.29 is 14.8 Å². The fraction of sp³-hybridized carbons (Fsp3) is 0.545. The fourth-order valence-corrected chi connectivity index (χ4v) is 2.54. The van der Waals surface area contributed by atoms with Crippen LogP contribution in [0.1, 0.15) is 5.56 Å². The van der Waals surface area contributed by atoms with Crippen LogP contribution in [0.4, 0.5) is 11.5 Å². The number of halogens is 1. The van der Waals surface area contributed by atoms with Crippen LogP contribution in [-0.2, 0) is 4.74 Å². The molecule has 0 amide bonds. The maximum Gasteiger partial charge on any atom is 0.291 e. The van der Waals surface area contributed by atoms with Crippen molar-refractivity contribution in [1.29, 1.82) is 0 Å². The molecule has 0 aromatic carbocycles. The van der Waals surface area contributed by atoms with Crippen LogP contribution in [0.25, 0.3) is 0 Å². The Kier molecular flexibility index (Phi) is 4.33. The SMILES string of the molecule is Cc1c([N+](=O)[O-])cnc(N2CCOC(CO)C2)c1Br. The van der Waals surface area contributed by atoms with Crippen LogP contribution in [0.2, 0.25) is 0 Å². The van der Waals surface area contributed by atoms with Gasteiger partial charge in [0.05, 0.1) is 28.7 Å². The number of hydrogen-bond acceptors (Lipinski definition) is 6. The Hall–Kier alpha value is -1.25. The van der Waals surface area contributed by atoms with E-state index in [0.717, 1.165) is 0 Å². The number of pyridine rings is 1. The van der Waals surface area contributed by atoms with E-state index in [1.54, 1.807) is 6.92 Å². The highest BCUT2D eigenvalue weighted by Gasteiger charge is 2.25. The molecule has 1 aliphatic heterocycles. The van der Waals surface area contributed by atoms with Crippen LogP contribution >= 0.6 is 15.9 Å². The molecule has 1 aliphatic rings. The first-order valence-corrected chi connectivity index (χ1v) is 6.60. The predicted octanol–water partition coefficient (Wildman–Crippen LogP) is 1.26. The molecule has 1 atom stereocenters. The Morgan fingerprint density at radius 1 is 1.74 bits per heavy atom. The standard InChI is InChI=1S/C11H14BrN3O4/c1-7-9(15(17)18)4-13-11(10(7)12)14-2-3-19-8(5-14)6-16/h4,8,16H,2-3,5-6H2,1H3. The topological polar surface area (TPSA) is 88.7 Å². The first-order valence-electron chi connectivity index (χ1n) is 5.81. The molecule has 0 bridgehead atoms. The molecule has 2 heterocycles. The molecule has 8 heteroatoms. The number of aliphatic hydroxyl groups excluding tert-OH is 1. The summed E-state index contributed by atoms with van der Waals surface area (Å²) in [7, 11) is 0. The molecule has 1 fully saturated rings. The number of aromatic nitrogens is 1. The van der Waals surface area contributed by atoms with Gasteiger partial charge in [-0.15, -0.1) is 0 Å². The Labute approximate surface area is 118 Å². The van der Waals surface area contributed by atoms with Gasteiger partial charge in [0.2, 0.25) is 0 Å². The van der Waals surface area contributed by atoms with Crippen molar-refractivity contribution in [2.75, 3.05) is 31.2 Å². The van der Waals surface area contributed by atoms with Crippen LogP contribution in [0, 0.1) is 17.0 Å². The zero-order valence-corrected chi connectivity index (χ0v) is 12.0. The van der Waals surface area contributed by atoms with Crippen LogP contribution in [0.3, 0.4) is 0 Å². The van der Waals surface area contributed by atoms with Gasteiger partial charge in [0.15, 0.2) is 0 Å². The highest BCUT2D eigenvalue weighted by Crippen LogP contribution is 2.33. The molecular formula is C11H14BrN3O4. The Balaban J connectivity index is 2.30. The summed E-state index contributed by atoms with van der Waals surface area (Å²) in [5.41, 5.74) is 0.532. The molecule has 1 N–H and O–H groups in total. The second-order valence-electron chi connectivity index (χ2n) is 4.28. The first kappa shape index (κ1) is 14.2. The predicted molar refractivity (Wildman–Crippen MR) is 72.4 cm³/mol. The maximum absolute atomic E-state index is 10.8. The molecule has 1 saturated heterocycles. The monoisotopic (exact) mass is 331 g/mol. The van der Waals surface area contributed by atoms with E-state index < -0.39 is 4.92 Å². The highest BCUT2D eigenvalue weighted by molar-refractivity contribution is 9.10. The lowest BCUT2D eigenvalue weighted by Gasteiger charge is -2.33. The summed E-state index contributed by atoms with van der Waals surface area (Å²) in [5, 5.41) is 20.0. The van der Waals surface area contributed by atoms with Crippen molar-refractivity contribution >= 4 is 27.4 Å². The third-order valence-electron chi connectivity index (χ3n) is 3.06. The summed E-state index contributed by atoms with van der Waals surface area (Å²) in [6.45, 7) is 3.27. The second kappa shape index (κ2) is 5.81. The highest BCUT2D eigenvalue weighted by atomic mass is 79.9. The molecule has 0 radical (unpaired) electrons. The third-order valence-corrected chi connectivity index (χ3v) is 4.01. The maximum atomic E-state index is 10.8. The minimum absolute atomic E-state index is 0.0115. The Morgan fingerprint density at radius 3 is 3.11 bits per heavy atom. The quantitative estimate of drug-likeness (QED) is 0.662. The summed E-state index contributed by atoms with van der Waals surface area (Å²) in [5.74, 6) is 0.643. The smallest absolute Gasteiger partial charge is 0.291 e. The molecule has 1 aromatic heterocycles. The minimum Gasteiger partial charge on any atom is -0.394 e. The number of aliphatic hydroxyl groups is 1. The van der Waals surface area contributed by atoms with Crippen molar-refractivity contribution in [3.8, 4) is 0 Å². The van der Waals surface area contributed by atoms with E-state index in [-0.39, 0.29) is 18.4 Å². The van der Waals surface area contributed by atoms with E-state index in [0.29, 0.717) is 35.6 Å². The van der Waals surface area contributed by atoms with E-state index >= 15 is 0 Å². The Bertz CT molecular complexity index is 497. The second-order valence-corrected chi connectivity index (χ2v) is 5.08. The first-order chi connectivity index (χ1) is 9.04. The molecule has 7 nitrogen and oxygen atoms in total. The van der Waals surface area contributed by atoms with E-state index in [9.17, 15) is 10.1 Å². The summed E-state index contributed by atoms with van der Waals surface area (Å²) < 4.78 is 5.98. The van der Waals surface area contributed by atoms with Gasteiger partial charge in [-0.25, -0.2) is 4.98 Å². The largest absolute Gasteiger partial charge is 0.394 e. The number of ether oxygens (including phenoxy) is 1. The van der Waals surface area contributed by atoms with E-state index in [4.69, 9.17) is 9.84 Å². The summed E-state index contributed by atoms with van der Waals surface area (Å²) in [6, 6.07) is 0. The number of hydrogen-bond donors (Lipinski definition) is 1. The molecule has 0 aliphatic carbocycles. The van der Waals surface area contributed by atoms with Crippen molar-refractivity contribution in [1.82, 2.24) is 4.98 Å². The van der Waals surface area contributed by atoms with E-state index in [2.05, 4.69) is 20.9 Å². The normalized spacial score (nSPS) is 19.5. The summed E-state index contributed by atoms with van der Waals surface area (Å²) in [6.07, 6.45) is 1.01. The average molecular weight is 332 g/mol. The average Bonchev–Trinajstić information content (AvgIpc) is 2.41. The van der Waals surface area contributed by atoms with Gasteiger partial charge in [-0.05, 0) is 22.9 Å². The summed E-state index contributed by atoms with van der Waals surface area (Å²) >= 11 is 3.36. The van der Waals surface area contributed by atoms with Gasteiger partial charge < -0.3 is 14.7 Å². The van der Waals surface area contributed by atoms with Crippen molar-refractivity contribution in [2.24, 2.45) is 0 Å². The van der Waals surface area contributed by atoms with Gasteiger partial charge in [-0.1, -0.05) is 0 Å². The lowest BCUT2D eigenvalue weighted by Crippen LogP contribution is -2.44. The molecule has 2 rings (SSSR count). The van der Waals surface area contributed by atoms with Crippen LogP contribution in [-0.4, -0.2) is 47.4 Å². The lowest BCUT2D eigenvalue weighted by atomic mass is 10.2. The molecule has 104 valence electrons. The van der Waals surface area contributed by atoms with Gasteiger partial charge in [0.1, 0.15) is 12.0 Å². The number of nitro groups is 1. The summed E-state index contributed by atoms with van der Waals surface area (Å²) in [4.78, 5) is 16.5. The zero-order valence-electron chi connectivity index (χ0n) is 10.4. The number of morpholine rings is 1. The van der Waals surface area contributed by atoms with Gasteiger partial charge >= 0.3 is 0 Å². The lowest BCUT2D eigenvalue weighted by molar-refractivity contribution is -0.385. The molecule has 19 heavy (non-hydrogen) atoms. The zero-order chi connectivity index (χ0) is 14.0. The fourth-order valence-electron chi connectivity index (χ4n) is 1.98. The molecule has 0 spiro atoms. The van der Waals surface area contributed by atoms with Gasteiger partial charge in [-0.3, -0.25) is 10.1 Å². The van der Waals surface area contributed by atoms with Crippen molar-refractivity contribution in [2.45, 2.75) is 13.0 Å². The van der Waals surface area contributed by atoms with Crippen molar-refractivity contribution in [3.05, 3.63) is 26.3 Å². The molecule has 1 aromatic rings. The molecular weight excluding hydrogens is 318 g/mol. The number of anilines is 1. The third kappa shape index (κ3) is 2.85. The van der Waals surface area contributed by atoms with Crippen LogP contribution < -0.4 is 4.90 Å².